The molecule has 0 aliphatic carbocycles. The molecule has 0 spiro atoms. The van der Waals surface area contributed by atoms with Gasteiger partial charge in [-0.1, -0.05) is 0 Å². The molecule has 0 unspecified atom stereocenters. The van der Waals surface area contributed by atoms with Crippen molar-refractivity contribution in [3.05, 3.63) is 0 Å². The lowest BCUT2D eigenvalue weighted by Gasteiger charge is -1.87. The van der Waals surface area contributed by atoms with Gasteiger partial charge < -0.3 is 10.5 Å². The van der Waals surface area contributed by atoms with Gasteiger partial charge in [-0.25, -0.2) is 0 Å². The highest BCUT2D eigenvalue weighted by Crippen LogP contribution is 1.84. The lowest BCUT2D eigenvalue weighted by molar-refractivity contribution is -0.191. The largest absolute Gasteiger partial charge is 0.373 e. The van der Waals surface area contributed by atoms with Gasteiger partial charge in [-0.2, -0.15) is 9.59 Å². The summed E-state index contributed by atoms with van der Waals surface area (Å²) in [5.74, 6) is 0.227. The number of carbonyl (C=O) groups is 1. The van der Waals surface area contributed by atoms with E-state index in [1.54, 1.807) is 6.92 Å². The number of ketones is 1. The molecular formula is C6H11NO3. The summed E-state index contributed by atoms with van der Waals surface area (Å²) >= 11 is 0. The minimum absolute atomic E-state index is 0.227. The second-order valence-electron chi connectivity index (χ2n) is 1.68. The molecule has 0 aromatic heterocycles. The first-order chi connectivity index (χ1) is 4.68. The average Bonchev–Trinajstić information content (AvgIpc) is 1.85. The van der Waals surface area contributed by atoms with Crippen molar-refractivity contribution in [3.63, 3.8) is 0 Å². The second kappa shape index (κ2) is 10.9. The summed E-state index contributed by atoms with van der Waals surface area (Å²) in [4.78, 5) is 26.4. The maximum Gasteiger partial charge on any atom is 0.373 e. The molecule has 58 valence electrons. The summed E-state index contributed by atoms with van der Waals surface area (Å²) in [6, 6.07) is 0. The SMILES string of the molecule is CC(=O)CCCN.O=C=O. The summed E-state index contributed by atoms with van der Waals surface area (Å²) < 4.78 is 0. The van der Waals surface area contributed by atoms with E-state index < -0.39 is 0 Å². The van der Waals surface area contributed by atoms with Crippen LogP contribution in [0.15, 0.2) is 0 Å². The van der Waals surface area contributed by atoms with Gasteiger partial charge in [0.05, 0.1) is 0 Å². The Bertz CT molecular complexity index is 116. The van der Waals surface area contributed by atoms with Crippen LogP contribution in [-0.4, -0.2) is 18.5 Å². The lowest BCUT2D eigenvalue weighted by atomic mass is 10.2. The van der Waals surface area contributed by atoms with E-state index in [1.165, 1.54) is 0 Å². The molecule has 0 atom stereocenters. The molecule has 10 heavy (non-hydrogen) atoms. The molecule has 0 aliphatic heterocycles. The molecule has 0 saturated heterocycles. The molecule has 0 bridgehead atoms. The van der Waals surface area contributed by atoms with E-state index in [-0.39, 0.29) is 11.9 Å². The fourth-order valence-corrected chi connectivity index (χ4v) is 0.351. The van der Waals surface area contributed by atoms with Crippen LogP contribution >= 0.6 is 0 Å². The zero-order chi connectivity index (χ0) is 8.41. The monoisotopic (exact) mass is 145 g/mol. The van der Waals surface area contributed by atoms with E-state index in [4.69, 9.17) is 15.3 Å². The Morgan fingerprint density at radius 3 is 2.00 bits per heavy atom. The van der Waals surface area contributed by atoms with Crippen LogP contribution < -0.4 is 5.73 Å². The van der Waals surface area contributed by atoms with Crippen molar-refractivity contribution in [2.45, 2.75) is 19.8 Å². The van der Waals surface area contributed by atoms with Gasteiger partial charge >= 0.3 is 6.15 Å². The van der Waals surface area contributed by atoms with Crippen LogP contribution in [-0.2, 0) is 14.4 Å². The number of hydrogen-bond donors (Lipinski definition) is 1. The minimum Gasteiger partial charge on any atom is -0.330 e. The molecule has 2 N–H and O–H groups in total. The number of nitrogens with two attached hydrogens (primary N) is 1. The summed E-state index contributed by atoms with van der Waals surface area (Å²) in [5.41, 5.74) is 5.12. The second-order valence-corrected chi connectivity index (χ2v) is 1.68. The maximum atomic E-state index is 10.1. The van der Waals surface area contributed by atoms with E-state index >= 15 is 0 Å². The Balaban J connectivity index is 0. The van der Waals surface area contributed by atoms with Gasteiger partial charge in [-0.05, 0) is 19.9 Å². The van der Waals surface area contributed by atoms with Crippen molar-refractivity contribution in [2.75, 3.05) is 6.54 Å². The highest BCUT2D eigenvalue weighted by Gasteiger charge is 1.87. The Morgan fingerprint density at radius 1 is 1.50 bits per heavy atom. The summed E-state index contributed by atoms with van der Waals surface area (Å²) in [6.45, 7) is 2.20. The normalized spacial score (nSPS) is 7.00. The molecule has 0 aromatic carbocycles. The first-order valence-corrected chi connectivity index (χ1v) is 2.87. The molecule has 4 nitrogen and oxygen atoms in total. The third kappa shape index (κ3) is 27.9. The summed E-state index contributed by atoms with van der Waals surface area (Å²) in [6.07, 6.45) is 1.71. The fraction of sp³-hybridized carbons (Fsp3) is 0.667. The van der Waals surface area contributed by atoms with Gasteiger partial charge in [0.2, 0.25) is 0 Å². The molecule has 0 aliphatic rings. The predicted molar refractivity (Wildman–Crippen MR) is 34.0 cm³/mol. The molecule has 4 heteroatoms. The number of Topliss-reactive ketones (excluding diaryl/α,β-unsaturated/α-hetero) is 1. The maximum absolute atomic E-state index is 10.1. The number of hydrogen-bond acceptors (Lipinski definition) is 4. The first-order valence-electron chi connectivity index (χ1n) is 2.87. The molecule has 0 radical (unpaired) electrons. The smallest absolute Gasteiger partial charge is 0.330 e. The van der Waals surface area contributed by atoms with Gasteiger partial charge in [0.1, 0.15) is 5.78 Å². The van der Waals surface area contributed by atoms with Crippen LogP contribution in [0.5, 0.6) is 0 Å². The fourth-order valence-electron chi connectivity index (χ4n) is 0.351. The van der Waals surface area contributed by atoms with Crippen molar-refractivity contribution in [2.24, 2.45) is 5.73 Å². The Labute approximate surface area is 59.4 Å². The van der Waals surface area contributed by atoms with E-state index in [1.807, 2.05) is 0 Å². The van der Waals surface area contributed by atoms with Gasteiger partial charge in [0.25, 0.3) is 0 Å². The third-order valence-electron chi connectivity index (χ3n) is 0.733. The van der Waals surface area contributed by atoms with Gasteiger partial charge in [-0.3, -0.25) is 0 Å². The van der Waals surface area contributed by atoms with Gasteiger partial charge in [0, 0.05) is 6.42 Å². The lowest BCUT2D eigenvalue weighted by Crippen LogP contribution is -2.00. The number of rotatable bonds is 3. The van der Waals surface area contributed by atoms with Gasteiger partial charge in [0.15, 0.2) is 0 Å². The molecule has 0 aromatic rings. The standard InChI is InChI=1S/C5H11NO.CO2/c1-5(7)3-2-4-6;2-1-3/h2-4,6H2,1H3;. The molecule has 0 rings (SSSR count). The average molecular weight is 145 g/mol. The van der Waals surface area contributed by atoms with Crippen molar-refractivity contribution < 1.29 is 14.4 Å². The van der Waals surface area contributed by atoms with E-state index in [9.17, 15) is 4.79 Å². The van der Waals surface area contributed by atoms with Crippen molar-refractivity contribution in [1.29, 1.82) is 0 Å². The van der Waals surface area contributed by atoms with Crippen LogP contribution in [0.25, 0.3) is 0 Å². The van der Waals surface area contributed by atoms with Crippen LogP contribution in [0.1, 0.15) is 19.8 Å². The highest BCUT2D eigenvalue weighted by molar-refractivity contribution is 5.75. The Hall–Kier alpha value is -0.990. The Kier molecular flexibility index (Phi) is 12.8. The topological polar surface area (TPSA) is 77.2 Å². The quantitative estimate of drug-likeness (QED) is 0.593. The predicted octanol–water partition coefficient (Wildman–Crippen LogP) is -0.269. The van der Waals surface area contributed by atoms with Crippen LogP contribution in [0, 0.1) is 0 Å². The molecule has 0 fully saturated rings. The van der Waals surface area contributed by atoms with Gasteiger partial charge in [-0.15, -0.1) is 0 Å². The van der Waals surface area contributed by atoms with E-state index in [0.29, 0.717) is 13.0 Å². The third-order valence-corrected chi connectivity index (χ3v) is 0.733. The highest BCUT2D eigenvalue weighted by atomic mass is 16.2. The van der Waals surface area contributed by atoms with Crippen LogP contribution in [0.4, 0.5) is 0 Å². The molecule has 0 amide bonds. The van der Waals surface area contributed by atoms with Crippen molar-refractivity contribution in [1.82, 2.24) is 0 Å². The summed E-state index contributed by atoms with van der Waals surface area (Å²) in [5, 5.41) is 0. The molecule has 0 heterocycles. The van der Waals surface area contributed by atoms with Crippen LogP contribution in [0.3, 0.4) is 0 Å². The Morgan fingerprint density at radius 2 is 1.90 bits per heavy atom. The molecular weight excluding hydrogens is 134 g/mol. The number of carbonyl (C=O) groups excluding carboxylic acids is 3. The first kappa shape index (κ1) is 11.8. The van der Waals surface area contributed by atoms with E-state index in [2.05, 4.69) is 0 Å². The molecule has 0 saturated carbocycles. The summed E-state index contributed by atoms with van der Waals surface area (Å²) in [7, 11) is 0. The van der Waals surface area contributed by atoms with E-state index in [0.717, 1.165) is 6.42 Å². The van der Waals surface area contributed by atoms with Crippen molar-refractivity contribution in [3.8, 4) is 0 Å². The van der Waals surface area contributed by atoms with Crippen LogP contribution in [0.2, 0.25) is 0 Å². The zero-order valence-corrected chi connectivity index (χ0v) is 5.92. The zero-order valence-electron chi connectivity index (χ0n) is 5.92. The minimum atomic E-state index is 0.227. The van der Waals surface area contributed by atoms with Crippen molar-refractivity contribution >= 4 is 11.9 Å².